The summed E-state index contributed by atoms with van der Waals surface area (Å²) in [5.74, 6) is 0. The Morgan fingerprint density at radius 3 is 1.94 bits per heavy atom. The number of nitrogens with zero attached hydrogens (tertiary/aromatic N) is 1. The highest BCUT2D eigenvalue weighted by atomic mass is 32.2. The van der Waals surface area contributed by atoms with Gasteiger partial charge in [0.25, 0.3) is 0 Å². The molecule has 0 aliphatic carbocycles. The van der Waals surface area contributed by atoms with E-state index < -0.39 is 0 Å². The third-order valence-corrected chi connectivity index (χ3v) is 6.18. The number of benzene rings is 2. The van der Waals surface area contributed by atoms with E-state index in [-0.39, 0.29) is 5.41 Å². The first kappa shape index (κ1) is 29.1. The first-order chi connectivity index (χ1) is 14.7. The van der Waals surface area contributed by atoms with E-state index in [1.54, 1.807) is 0 Å². The van der Waals surface area contributed by atoms with E-state index in [9.17, 15) is 0 Å². The van der Waals surface area contributed by atoms with Gasteiger partial charge in [-0.25, -0.2) is 0 Å². The van der Waals surface area contributed by atoms with Crippen LogP contribution in [-0.4, -0.2) is 11.3 Å². The van der Waals surface area contributed by atoms with Gasteiger partial charge in [0.15, 0.2) is 0 Å². The molecule has 0 saturated heterocycles. The molecule has 2 aromatic carbocycles. The molecule has 0 saturated carbocycles. The van der Waals surface area contributed by atoms with Crippen LogP contribution >= 0.6 is 11.8 Å². The number of hydrogen-bond acceptors (Lipinski definition) is 3. The molecule has 0 unspecified atom stereocenters. The number of nitrogens with one attached hydrogen (secondary N) is 1. The monoisotopic (exact) mass is 440 g/mol. The molecule has 0 bridgehead atoms. The van der Waals surface area contributed by atoms with Crippen LogP contribution < -0.4 is 5.32 Å². The van der Waals surface area contributed by atoms with Crippen LogP contribution in [0.2, 0.25) is 0 Å². The largest absolute Gasteiger partial charge is 0.383 e. The second kappa shape index (κ2) is 14.2. The molecule has 31 heavy (non-hydrogen) atoms. The maximum absolute atomic E-state index is 8.92. The fraction of sp³-hybridized carbons (Fsp3) is 0.536. The topological polar surface area (TPSA) is 35.8 Å². The molecule has 2 aromatic rings. The number of nitriles is 1. The van der Waals surface area contributed by atoms with Crippen LogP contribution in [0.25, 0.3) is 0 Å². The summed E-state index contributed by atoms with van der Waals surface area (Å²) in [5.41, 5.74) is 4.77. The normalized spacial score (nSPS) is 13.3. The predicted octanol–water partition coefficient (Wildman–Crippen LogP) is 8.65. The Bertz CT molecular complexity index is 799. The molecule has 0 spiro atoms. The van der Waals surface area contributed by atoms with E-state index >= 15 is 0 Å². The number of rotatable bonds is 3. The van der Waals surface area contributed by atoms with Crippen molar-refractivity contribution in [1.82, 2.24) is 0 Å². The van der Waals surface area contributed by atoms with Crippen LogP contribution in [0.15, 0.2) is 47.4 Å². The molecule has 2 nitrogen and oxygen atoms in total. The van der Waals surface area contributed by atoms with Gasteiger partial charge in [-0.05, 0) is 69.4 Å². The molecule has 1 aliphatic rings. The van der Waals surface area contributed by atoms with Crippen molar-refractivity contribution in [3.05, 3.63) is 59.2 Å². The highest BCUT2D eigenvalue weighted by Gasteiger charge is 2.25. The first-order valence-electron chi connectivity index (χ1n) is 11.8. The van der Waals surface area contributed by atoms with Gasteiger partial charge in [-0.3, -0.25) is 0 Å². The van der Waals surface area contributed by atoms with Crippen LogP contribution in [0.5, 0.6) is 0 Å². The minimum Gasteiger partial charge on any atom is -0.383 e. The van der Waals surface area contributed by atoms with Crippen LogP contribution in [-0.2, 0) is 18.3 Å². The van der Waals surface area contributed by atoms with Crippen molar-refractivity contribution in [3.63, 3.8) is 0 Å². The van der Waals surface area contributed by atoms with Crippen molar-refractivity contribution in [2.45, 2.75) is 97.1 Å². The Morgan fingerprint density at radius 2 is 1.45 bits per heavy atom. The van der Waals surface area contributed by atoms with Gasteiger partial charge in [-0.1, -0.05) is 71.9 Å². The Morgan fingerprint density at radius 1 is 0.935 bits per heavy atom. The van der Waals surface area contributed by atoms with E-state index in [0.29, 0.717) is 4.75 Å². The third kappa shape index (κ3) is 9.40. The molecule has 1 aliphatic heterocycles. The molecule has 0 atom stereocenters. The van der Waals surface area contributed by atoms with Gasteiger partial charge in [-0.2, -0.15) is 5.26 Å². The molecule has 172 valence electrons. The van der Waals surface area contributed by atoms with Crippen molar-refractivity contribution >= 4 is 17.4 Å². The summed E-state index contributed by atoms with van der Waals surface area (Å²) < 4.78 is 0.320. The van der Waals surface area contributed by atoms with Crippen LogP contribution in [0.4, 0.5) is 5.69 Å². The van der Waals surface area contributed by atoms with Crippen LogP contribution in [0.1, 0.15) is 85.9 Å². The van der Waals surface area contributed by atoms with E-state index in [4.69, 9.17) is 5.26 Å². The minimum absolute atomic E-state index is 0.320. The van der Waals surface area contributed by atoms with E-state index in [0.717, 1.165) is 24.9 Å². The zero-order valence-corrected chi connectivity index (χ0v) is 22.3. The van der Waals surface area contributed by atoms with E-state index in [1.165, 1.54) is 21.7 Å². The molecule has 1 heterocycles. The number of aryl methyl sites for hydroxylation is 2. The Balaban J connectivity index is 0.000000502. The average Bonchev–Trinajstić information content (AvgIpc) is 2.81. The lowest BCUT2D eigenvalue weighted by Crippen LogP contribution is -2.29. The SMILES string of the molecule is CC.CC.CCc1ccc(C(C)(C)C#N)cc1.CCc1ccc2c(c1)NCC(C)(C)S2. The maximum Gasteiger partial charge on any atom is 0.0766 e. The minimum atomic E-state index is -0.369. The second-order valence-corrected chi connectivity index (χ2v) is 9.94. The molecule has 0 amide bonds. The molecular formula is C28H44N2S. The summed E-state index contributed by atoms with van der Waals surface area (Å²) in [6.45, 7) is 21.8. The van der Waals surface area contributed by atoms with Gasteiger partial charge in [0.1, 0.15) is 0 Å². The number of anilines is 1. The lowest BCUT2D eigenvalue weighted by Gasteiger charge is -2.31. The van der Waals surface area contributed by atoms with Crippen molar-refractivity contribution in [1.29, 1.82) is 5.26 Å². The average molecular weight is 441 g/mol. The Hall–Kier alpha value is -1.92. The highest BCUT2D eigenvalue weighted by molar-refractivity contribution is 8.00. The summed E-state index contributed by atoms with van der Waals surface area (Å²) in [6.07, 6.45) is 2.16. The summed E-state index contributed by atoms with van der Waals surface area (Å²) in [6, 6.07) is 17.3. The van der Waals surface area contributed by atoms with Crippen LogP contribution in [0, 0.1) is 11.3 Å². The van der Waals surface area contributed by atoms with Crippen molar-refractivity contribution in [2.24, 2.45) is 0 Å². The maximum atomic E-state index is 8.92. The summed E-state index contributed by atoms with van der Waals surface area (Å²) in [5, 5.41) is 12.4. The number of thioether (sulfide) groups is 1. The van der Waals surface area contributed by atoms with Gasteiger partial charge in [0, 0.05) is 21.9 Å². The standard InChI is InChI=1S/C12H17NS.C12H15N.2C2H6/c1-4-9-5-6-11-10(7-9)13-8-12(2,3)14-11;1-4-10-5-7-11(8-6-10)12(2,3)9-13;2*1-2/h5-7,13H,4,8H2,1-3H3;5-8H,4H2,1-3H3;2*1-2H3. The molecule has 3 rings (SSSR count). The van der Waals surface area contributed by atoms with Crippen molar-refractivity contribution < 1.29 is 0 Å². The lowest BCUT2D eigenvalue weighted by atomic mass is 9.86. The van der Waals surface area contributed by atoms with Crippen molar-refractivity contribution in [3.8, 4) is 6.07 Å². The quantitative estimate of drug-likeness (QED) is 0.518. The van der Waals surface area contributed by atoms with Gasteiger partial charge in [-0.15, -0.1) is 11.8 Å². The number of fused-ring (bicyclic) bond motifs is 1. The van der Waals surface area contributed by atoms with Crippen molar-refractivity contribution in [2.75, 3.05) is 11.9 Å². The van der Waals surface area contributed by atoms with Gasteiger partial charge in [0.05, 0.1) is 11.5 Å². The van der Waals surface area contributed by atoms with E-state index in [2.05, 4.69) is 69.4 Å². The van der Waals surface area contributed by atoms with Crippen LogP contribution in [0.3, 0.4) is 0 Å². The summed E-state index contributed by atoms with van der Waals surface area (Å²) in [4.78, 5) is 1.39. The predicted molar refractivity (Wildman–Crippen MR) is 141 cm³/mol. The van der Waals surface area contributed by atoms with Gasteiger partial charge in [0.2, 0.25) is 0 Å². The fourth-order valence-electron chi connectivity index (χ4n) is 2.89. The molecule has 0 fully saturated rings. The zero-order valence-electron chi connectivity index (χ0n) is 21.5. The Kier molecular flexibility index (Phi) is 13.3. The molecule has 1 N–H and O–H groups in total. The molecule has 3 heteroatoms. The van der Waals surface area contributed by atoms with E-state index in [1.807, 2.05) is 65.4 Å². The third-order valence-electron chi connectivity index (χ3n) is 4.91. The van der Waals surface area contributed by atoms with Gasteiger partial charge >= 0.3 is 0 Å². The second-order valence-electron chi connectivity index (χ2n) is 8.19. The smallest absolute Gasteiger partial charge is 0.0766 e. The van der Waals surface area contributed by atoms with Gasteiger partial charge < -0.3 is 5.32 Å². The summed E-state index contributed by atoms with van der Waals surface area (Å²) in [7, 11) is 0. The Labute approximate surface area is 196 Å². The number of hydrogen-bond donors (Lipinski definition) is 1. The zero-order chi connectivity index (χ0) is 24.1. The molecular weight excluding hydrogens is 396 g/mol. The fourth-order valence-corrected chi connectivity index (χ4v) is 4.00. The molecule has 0 aromatic heterocycles. The lowest BCUT2D eigenvalue weighted by molar-refractivity contribution is 0.686. The first-order valence-corrected chi connectivity index (χ1v) is 12.6. The highest BCUT2D eigenvalue weighted by Crippen LogP contribution is 2.41. The summed E-state index contributed by atoms with van der Waals surface area (Å²) >= 11 is 1.97. The molecule has 0 radical (unpaired) electrons.